The Labute approximate surface area is 124 Å². The number of carbonyl (C=O) groups excluding carboxylic acids is 1. The second kappa shape index (κ2) is 4.94. The van der Waals surface area contributed by atoms with E-state index in [1.807, 2.05) is 18.2 Å². The van der Waals surface area contributed by atoms with Crippen LogP contribution in [0.4, 0.5) is 4.39 Å². The summed E-state index contributed by atoms with van der Waals surface area (Å²) < 4.78 is 13.8. The number of hydrogen-bond donors (Lipinski definition) is 0. The van der Waals surface area contributed by atoms with Crippen LogP contribution in [0.15, 0.2) is 36.4 Å². The number of fused-ring (bicyclic) bond motifs is 3. The molecule has 3 atom stereocenters. The summed E-state index contributed by atoms with van der Waals surface area (Å²) in [6, 6.07) is 10.4. The van der Waals surface area contributed by atoms with Crippen LogP contribution in [-0.4, -0.2) is 5.78 Å². The normalized spacial score (nSPS) is 27.4. The average molecular weight is 282 g/mol. The van der Waals surface area contributed by atoms with Gasteiger partial charge in [0.2, 0.25) is 0 Å². The van der Waals surface area contributed by atoms with E-state index < -0.39 is 0 Å². The van der Waals surface area contributed by atoms with E-state index in [0.717, 1.165) is 17.2 Å². The molecule has 0 saturated heterocycles. The van der Waals surface area contributed by atoms with Crippen molar-refractivity contribution in [3.05, 3.63) is 47.8 Å². The van der Waals surface area contributed by atoms with Gasteiger partial charge in [-0.1, -0.05) is 30.7 Å². The maximum Gasteiger partial charge on any atom is 0.163 e. The molecule has 2 aliphatic rings. The predicted molar refractivity (Wildman–Crippen MR) is 81.8 cm³/mol. The second-order valence-corrected chi connectivity index (χ2v) is 6.70. The van der Waals surface area contributed by atoms with Crippen molar-refractivity contribution in [2.45, 2.75) is 32.1 Å². The van der Waals surface area contributed by atoms with E-state index >= 15 is 0 Å². The molecule has 21 heavy (non-hydrogen) atoms. The lowest BCUT2D eigenvalue weighted by molar-refractivity contribution is 0.0946. The highest BCUT2D eigenvalue weighted by Crippen LogP contribution is 2.49. The van der Waals surface area contributed by atoms with Crippen LogP contribution < -0.4 is 0 Å². The fourth-order valence-corrected chi connectivity index (χ4v) is 4.48. The van der Waals surface area contributed by atoms with Gasteiger partial charge in [-0.05, 0) is 54.5 Å². The Balaban J connectivity index is 1.64. The first-order chi connectivity index (χ1) is 10.2. The SMILES string of the molecule is O=C(CC1CC2CCC1C2)c1ccc(F)c2ccccc12. The van der Waals surface area contributed by atoms with Crippen LogP contribution in [0.5, 0.6) is 0 Å². The lowest BCUT2D eigenvalue weighted by atomic mass is 9.83. The number of ketones is 1. The number of rotatable bonds is 3. The summed E-state index contributed by atoms with van der Waals surface area (Å²) in [6.07, 6.45) is 5.83. The first-order valence-electron chi connectivity index (χ1n) is 7.93. The minimum absolute atomic E-state index is 0.184. The molecule has 3 unspecified atom stereocenters. The van der Waals surface area contributed by atoms with E-state index in [9.17, 15) is 9.18 Å². The van der Waals surface area contributed by atoms with Gasteiger partial charge >= 0.3 is 0 Å². The molecule has 4 rings (SSSR count). The molecule has 0 aliphatic heterocycles. The molecular formula is C19H19FO. The van der Waals surface area contributed by atoms with Crippen LogP contribution in [0, 0.1) is 23.6 Å². The zero-order valence-electron chi connectivity index (χ0n) is 12.0. The number of hydrogen-bond acceptors (Lipinski definition) is 1. The van der Waals surface area contributed by atoms with Gasteiger partial charge in [0, 0.05) is 17.4 Å². The molecule has 1 nitrogen and oxygen atoms in total. The molecule has 0 amide bonds. The minimum Gasteiger partial charge on any atom is -0.294 e. The minimum atomic E-state index is -0.248. The molecule has 0 N–H and O–H groups in total. The van der Waals surface area contributed by atoms with Crippen molar-refractivity contribution in [1.29, 1.82) is 0 Å². The molecule has 2 bridgehead atoms. The van der Waals surface area contributed by atoms with Gasteiger partial charge in [-0.3, -0.25) is 4.79 Å². The molecule has 0 heterocycles. The summed E-state index contributed by atoms with van der Waals surface area (Å²) >= 11 is 0. The largest absolute Gasteiger partial charge is 0.294 e. The molecule has 0 radical (unpaired) electrons. The van der Waals surface area contributed by atoms with Crippen molar-refractivity contribution in [2.24, 2.45) is 17.8 Å². The Hall–Kier alpha value is -1.70. The van der Waals surface area contributed by atoms with E-state index in [4.69, 9.17) is 0 Å². The van der Waals surface area contributed by atoms with E-state index in [2.05, 4.69) is 0 Å². The fourth-order valence-electron chi connectivity index (χ4n) is 4.48. The van der Waals surface area contributed by atoms with Gasteiger partial charge in [-0.2, -0.15) is 0 Å². The average Bonchev–Trinajstić information content (AvgIpc) is 3.10. The van der Waals surface area contributed by atoms with Crippen molar-refractivity contribution >= 4 is 16.6 Å². The quantitative estimate of drug-likeness (QED) is 0.725. The summed E-state index contributed by atoms with van der Waals surface area (Å²) in [4.78, 5) is 12.7. The molecule has 2 fully saturated rings. The third-order valence-corrected chi connectivity index (χ3v) is 5.50. The van der Waals surface area contributed by atoms with Gasteiger partial charge in [0.05, 0.1) is 0 Å². The molecule has 0 spiro atoms. The van der Waals surface area contributed by atoms with Crippen molar-refractivity contribution in [1.82, 2.24) is 0 Å². The summed E-state index contributed by atoms with van der Waals surface area (Å²) in [5.74, 6) is 2.11. The standard InChI is InChI=1S/C19H19FO/c20-18-8-7-17(15-3-1-2-4-16(15)18)19(21)11-14-10-12-5-6-13(14)9-12/h1-4,7-8,12-14H,5-6,9-11H2. The Morgan fingerprint density at radius 1 is 1.05 bits per heavy atom. The highest BCUT2D eigenvalue weighted by molar-refractivity contribution is 6.08. The van der Waals surface area contributed by atoms with Gasteiger partial charge in [-0.25, -0.2) is 4.39 Å². The van der Waals surface area contributed by atoms with Crippen molar-refractivity contribution < 1.29 is 9.18 Å². The lowest BCUT2D eigenvalue weighted by Gasteiger charge is -2.21. The second-order valence-electron chi connectivity index (χ2n) is 6.70. The Morgan fingerprint density at radius 3 is 2.57 bits per heavy atom. The predicted octanol–water partition coefficient (Wildman–Crippen LogP) is 4.99. The molecule has 0 aromatic heterocycles. The Bertz CT molecular complexity index is 706. The van der Waals surface area contributed by atoms with E-state index in [0.29, 0.717) is 23.3 Å². The number of benzene rings is 2. The van der Waals surface area contributed by atoms with Gasteiger partial charge in [0.1, 0.15) is 5.82 Å². The Kier molecular flexibility index (Phi) is 3.06. The fraction of sp³-hybridized carbons (Fsp3) is 0.421. The summed E-state index contributed by atoms with van der Waals surface area (Å²) in [5.41, 5.74) is 0.690. The summed E-state index contributed by atoms with van der Waals surface area (Å²) in [6.45, 7) is 0. The molecular weight excluding hydrogens is 263 g/mol. The highest BCUT2D eigenvalue weighted by Gasteiger charge is 2.40. The molecule has 2 saturated carbocycles. The molecule has 108 valence electrons. The molecule has 2 aliphatic carbocycles. The van der Waals surface area contributed by atoms with Gasteiger partial charge in [0.15, 0.2) is 5.78 Å². The van der Waals surface area contributed by atoms with Crippen LogP contribution in [0.25, 0.3) is 10.8 Å². The van der Waals surface area contributed by atoms with Gasteiger partial charge < -0.3 is 0 Å². The zero-order valence-corrected chi connectivity index (χ0v) is 12.0. The first kappa shape index (κ1) is 13.0. The number of Topliss-reactive ketones (excluding diaryl/α,β-unsaturated/α-hetero) is 1. The van der Waals surface area contributed by atoms with Crippen LogP contribution in [0.2, 0.25) is 0 Å². The topological polar surface area (TPSA) is 17.1 Å². The van der Waals surface area contributed by atoms with E-state index in [1.54, 1.807) is 12.1 Å². The third-order valence-electron chi connectivity index (χ3n) is 5.50. The van der Waals surface area contributed by atoms with Crippen molar-refractivity contribution in [3.63, 3.8) is 0 Å². The number of halogens is 1. The lowest BCUT2D eigenvalue weighted by Crippen LogP contribution is -2.15. The smallest absolute Gasteiger partial charge is 0.163 e. The van der Waals surface area contributed by atoms with Crippen LogP contribution in [0.1, 0.15) is 42.5 Å². The zero-order chi connectivity index (χ0) is 14.4. The van der Waals surface area contributed by atoms with Gasteiger partial charge in [0.25, 0.3) is 0 Å². The Morgan fingerprint density at radius 2 is 1.86 bits per heavy atom. The maximum atomic E-state index is 13.8. The summed E-state index contributed by atoms with van der Waals surface area (Å²) in [5, 5.41) is 1.31. The third kappa shape index (κ3) is 2.17. The van der Waals surface area contributed by atoms with Crippen molar-refractivity contribution in [3.8, 4) is 0 Å². The van der Waals surface area contributed by atoms with E-state index in [-0.39, 0.29) is 11.6 Å². The van der Waals surface area contributed by atoms with Crippen molar-refractivity contribution in [2.75, 3.05) is 0 Å². The monoisotopic (exact) mass is 282 g/mol. The van der Waals surface area contributed by atoms with Crippen LogP contribution >= 0.6 is 0 Å². The number of carbonyl (C=O) groups is 1. The summed E-state index contributed by atoms with van der Waals surface area (Å²) in [7, 11) is 0. The van der Waals surface area contributed by atoms with E-state index in [1.165, 1.54) is 31.7 Å². The van der Waals surface area contributed by atoms with Crippen LogP contribution in [-0.2, 0) is 0 Å². The van der Waals surface area contributed by atoms with Crippen LogP contribution in [0.3, 0.4) is 0 Å². The van der Waals surface area contributed by atoms with Gasteiger partial charge in [-0.15, -0.1) is 0 Å². The molecule has 2 aromatic rings. The molecule has 2 heteroatoms. The highest BCUT2D eigenvalue weighted by atomic mass is 19.1. The maximum absolute atomic E-state index is 13.8. The molecule has 2 aromatic carbocycles. The first-order valence-corrected chi connectivity index (χ1v) is 7.93.